The van der Waals surface area contributed by atoms with Gasteiger partial charge in [-0.25, -0.2) is 4.98 Å². The first-order valence-electron chi connectivity index (χ1n) is 24.4. The highest BCUT2D eigenvalue weighted by Crippen LogP contribution is 2.45. The molecule has 75 heavy (non-hydrogen) atoms. The van der Waals surface area contributed by atoms with Crippen LogP contribution in [0.15, 0.2) is 229 Å². The molecule has 0 saturated carbocycles. The minimum absolute atomic E-state index is 0.00214. The number of methoxy groups -OCH3 is 1. The number of esters is 1. The number of carbonyl (C=O) groups excluding carboxylic acids is 3. The maximum Gasteiger partial charge on any atom is 0.318 e. The summed E-state index contributed by atoms with van der Waals surface area (Å²) < 4.78 is 11.1. The molecule has 2 aliphatic rings. The van der Waals surface area contributed by atoms with Crippen molar-refractivity contribution < 1.29 is 33.8 Å². The van der Waals surface area contributed by atoms with Crippen LogP contribution in [-0.4, -0.2) is 75.9 Å². The van der Waals surface area contributed by atoms with Gasteiger partial charge in [0.15, 0.2) is 10.8 Å². The number of nitrogens with zero attached hydrogens (tertiary/aromatic N) is 3. The van der Waals surface area contributed by atoms with Crippen molar-refractivity contribution in [3.8, 4) is 5.75 Å². The summed E-state index contributed by atoms with van der Waals surface area (Å²) >= 11 is 2.65. The largest absolute Gasteiger partial charge is 0.497 e. The number of carbonyl (C=O) groups is 3. The van der Waals surface area contributed by atoms with Crippen LogP contribution in [-0.2, 0) is 41.7 Å². The molecule has 2 fully saturated rings. The highest BCUT2D eigenvalue weighted by Gasteiger charge is 2.57. The maximum absolute atomic E-state index is 15.2. The number of thioether (sulfide) groups is 1. The smallest absolute Gasteiger partial charge is 0.318 e. The molecule has 2 unspecified atom stereocenters. The zero-order chi connectivity index (χ0) is 51.7. The summed E-state index contributed by atoms with van der Waals surface area (Å²) in [5.41, 5.74) is 2.44. The van der Waals surface area contributed by atoms with E-state index in [9.17, 15) is 14.7 Å². The number of β-lactam (4-membered cyclic amide) rings is 1. The van der Waals surface area contributed by atoms with Crippen molar-refractivity contribution >= 4 is 51.7 Å². The van der Waals surface area contributed by atoms with E-state index in [-0.39, 0.29) is 36.9 Å². The van der Waals surface area contributed by atoms with Crippen LogP contribution in [0, 0.1) is 5.41 Å². The molecule has 8 aromatic rings. The minimum atomic E-state index is -1.36. The number of aliphatic hydroxyl groups is 1. The van der Waals surface area contributed by atoms with Gasteiger partial charge < -0.3 is 35.0 Å². The second-order valence-electron chi connectivity index (χ2n) is 18.1. The summed E-state index contributed by atoms with van der Waals surface area (Å²) in [5.74, 6) is -0.729. The van der Waals surface area contributed by atoms with E-state index >= 15 is 4.79 Å². The van der Waals surface area contributed by atoms with Gasteiger partial charge >= 0.3 is 5.97 Å². The Hall–Kier alpha value is -8.30. The number of anilines is 1. The van der Waals surface area contributed by atoms with Gasteiger partial charge in [-0.3, -0.25) is 14.4 Å². The third-order valence-electron chi connectivity index (χ3n) is 13.6. The standard InChI is InChI=1S/C61H53N5O7S2/c1-71-50-35-33-43(34-36-50)39-72-57(70)59(37-20-38-67)41-66-55(69)53(56(66)75-42-59)63-54(68)52(65-73-61(47-27-14-5-15-28-47,48-29-16-6-17-30-48)49-31-18-7-19-32-49)51-40-74-58(62-51)64-60(44-21-8-2-9-22-44,45-23-10-3-11-24-45)46-25-12-4-13-26-46/h2-37,40,53,56,67H,38-39,41-42H2,1H3,(H,62,64)(H,63,68)/t53?,56-,59?/m1/s1. The lowest BCUT2D eigenvalue weighted by Crippen LogP contribution is -2.74. The molecule has 3 atom stereocenters. The molecule has 0 aliphatic carbocycles. The third-order valence-corrected chi connectivity index (χ3v) is 15.9. The number of rotatable bonds is 19. The van der Waals surface area contributed by atoms with Gasteiger partial charge in [0.25, 0.3) is 5.91 Å². The Bertz CT molecular complexity index is 3080. The molecule has 1 aromatic heterocycles. The molecule has 12 nitrogen and oxygen atoms in total. The Morgan fingerprint density at radius 1 is 0.733 bits per heavy atom. The van der Waals surface area contributed by atoms with Gasteiger partial charge in [-0.15, -0.1) is 23.1 Å². The Morgan fingerprint density at radius 3 is 1.71 bits per heavy atom. The van der Waals surface area contributed by atoms with Crippen molar-refractivity contribution in [3.63, 3.8) is 0 Å². The normalized spacial score (nSPS) is 17.6. The average molecular weight is 1030 g/mol. The summed E-state index contributed by atoms with van der Waals surface area (Å²) in [4.78, 5) is 57.1. The van der Waals surface area contributed by atoms with Crippen LogP contribution in [0.1, 0.15) is 44.6 Å². The molecule has 2 aliphatic heterocycles. The Balaban J connectivity index is 1.01. The molecule has 0 radical (unpaired) electrons. The van der Waals surface area contributed by atoms with Crippen molar-refractivity contribution in [2.24, 2.45) is 10.6 Å². The molecular weight excluding hydrogens is 979 g/mol. The number of ether oxygens (including phenoxy) is 2. The minimum Gasteiger partial charge on any atom is -0.497 e. The van der Waals surface area contributed by atoms with Gasteiger partial charge in [-0.2, -0.15) is 0 Å². The predicted octanol–water partition coefficient (Wildman–Crippen LogP) is 9.95. The number of thiazole rings is 1. The van der Waals surface area contributed by atoms with Gasteiger partial charge in [0.1, 0.15) is 40.4 Å². The molecule has 0 bridgehead atoms. The van der Waals surface area contributed by atoms with Crippen LogP contribution in [0.2, 0.25) is 0 Å². The van der Waals surface area contributed by atoms with Crippen LogP contribution >= 0.6 is 23.1 Å². The average Bonchev–Trinajstić information content (AvgIpc) is 3.95. The summed E-state index contributed by atoms with van der Waals surface area (Å²) in [6.07, 6.45) is 3.10. The van der Waals surface area contributed by atoms with Gasteiger partial charge in [0.2, 0.25) is 11.5 Å². The lowest BCUT2D eigenvalue weighted by atomic mass is 9.77. The van der Waals surface area contributed by atoms with Crippen LogP contribution in [0.25, 0.3) is 0 Å². The van der Waals surface area contributed by atoms with E-state index in [1.54, 1.807) is 35.6 Å². The monoisotopic (exact) mass is 1030 g/mol. The lowest BCUT2D eigenvalue weighted by Gasteiger charge is -2.53. The first-order valence-corrected chi connectivity index (χ1v) is 26.4. The molecular formula is C61H53N5O7S2. The van der Waals surface area contributed by atoms with E-state index in [0.29, 0.717) is 10.9 Å². The van der Waals surface area contributed by atoms with Crippen LogP contribution in [0.3, 0.4) is 0 Å². The molecule has 376 valence electrons. The molecule has 3 N–H and O–H groups in total. The van der Waals surface area contributed by atoms with Crippen molar-refractivity contribution in [2.75, 3.05) is 31.3 Å². The van der Waals surface area contributed by atoms with Crippen molar-refractivity contribution in [1.29, 1.82) is 0 Å². The van der Waals surface area contributed by atoms with Crippen molar-refractivity contribution in [2.45, 2.75) is 29.2 Å². The summed E-state index contributed by atoms with van der Waals surface area (Å²) in [6, 6.07) is 65.8. The van der Waals surface area contributed by atoms with Gasteiger partial charge in [-0.05, 0) is 34.4 Å². The highest BCUT2D eigenvalue weighted by atomic mass is 32.2. The fourth-order valence-electron chi connectivity index (χ4n) is 9.77. The van der Waals surface area contributed by atoms with Crippen LogP contribution < -0.4 is 15.4 Å². The number of amides is 2. The summed E-state index contributed by atoms with van der Waals surface area (Å²) in [6.45, 7) is -0.320. The quantitative estimate of drug-likeness (QED) is 0.0178. The van der Waals surface area contributed by atoms with Crippen molar-refractivity contribution in [1.82, 2.24) is 15.2 Å². The van der Waals surface area contributed by atoms with E-state index in [0.717, 1.165) is 38.9 Å². The van der Waals surface area contributed by atoms with E-state index in [4.69, 9.17) is 24.5 Å². The molecule has 0 spiro atoms. The number of aromatic nitrogens is 1. The Labute approximate surface area is 443 Å². The van der Waals surface area contributed by atoms with Gasteiger partial charge in [0.05, 0.1) is 13.7 Å². The SMILES string of the molecule is COc1ccc(COC(=O)C2(C=CCO)CS[C@@H]3C(NC(=O)C(=NOC(c4ccccc4)(c4ccccc4)c4ccccc4)c4csc(NC(c5ccccc5)(c5ccccc5)c5ccccc5)n4)C(=O)N3C2)cc1. The van der Waals surface area contributed by atoms with E-state index in [1.807, 2.05) is 158 Å². The molecule has 14 heteroatoms. The molecule has 3 heterocycles. The highest BCUT2D eigenvalue weighted by molar-refractivity contribution is 8.00. The number of hydrogen-bond donors (Lipinski definition) is 3. The zero-order valence-corrected chi connectivity index (χ0v) is 42.5. The second-order valence-corrected chi connectivity index (χ2v) is 20.1. The topological polar surface area (TPSA) is 152 Å². The summed E-state index contributed by atoms with van der Waals surface area (Å²) in [7, 11) is 1.58. The number of benzene rings is 7. The number of nitrogens with one attached hydrogen (secondary N) is 2. The predicted molar refractivity (Wildman–Crippen MR) is 293 cm³/mol. The van der Waals surface area contributed by atoms with Crippen LogP contribution in [0.4, 0.5) is 5.13 Å². The van der Waals surface area contributed by atoms with Gasteiger partial charge in [-0.1, -0.05) is 211 Å². The number of hydrogen-bond acceptors (Lipinski definition) is 12. The first-order chi connectivity index (χ1) is 36.8. The van der Waals surface area contributed by atoms with E-state index in [1.165, 1.54) is 29.2 Å². The Kier molecular flexibility index (Phi) is 15.0. The summed E-state index contributed by atoms with van der Waals surface area (Å²) in [5, 5.41) is 23.2. The maximum atomic E-state index is 15.2. The second kappa shape index (κ2) is 22.4. The molecule has 2 amide bonds. The van der Waals surface area contributed by atoms with Gasteiger partial charge in [0, 0.05) is 34.4 Å². The number of aliphatic hydroxyl groups excluding tert-OH is 1. The Morgan fingerprint density at radius 2 is 1.23 bits per heavy atom. The lowest BCUT2D eigenvalue weighted by molar-refractivity contribution is -0.160. The first kappa shape index (κ1) is 50.2. The molecule has 2 saturated heterocycles. The zero-order valence-electron chi connectivity index (χ0n) is 40.9. The molecule has 10 rings (SSSR count). The van der Waals surface area contributed by atoms with E-state index < -0.39 is 45.8 Å². The van der Waals surface area contributed by atoms with Crippen LogP contribution in [0.5, 0.6) is 5.75 Å². The number of fused-ring (bicyclic) bond motifs is 1. The van der Waals surface area contributed by atoms with E-state index in [2.05, 4.69) is 47.0 Å². The van der Waals surface area contributed by atoms with Crippen molar-refractivity contribution in [3.05, 3.63) is 268 Å². The third kappa shape index (κ3) is 10.1. The number of oxime groups is 1. The fraction of sp³-hybridized carbons (Fsp3) is 0.164. The fourth-order valence-corrected chi connectivity index (χ4v) is 12.0. The molecule has 7 aromatic carbocycles.